The lowest BCUT2D eigenvalue weighted by molar-refractivity contribution is -0.641. The molecule has 1 aliphatic heterocycles. The van der Waals surface area contributed by atoms with Crippen LogP contribution in [0.3, 0.4) is 0 Å². The van der Waals surface area contributed by atoms with Crippen LogP contribution in [-0.4, -0.2) is 22.5 Å². The van der Waals surface area contributed by atoms with E-state index in [9.17, 15) is 19.6 Å². The first kappa shape index (κ1) is 24.0. The summed E-state index contributed by atoms with van der Waals surface area (Å²) in [6.07, 6.45) is 6.42. The lowest BCUT2D eigenvalue weighted by Crippen LogP contribution is -2.74. The normalized spacial score (nSPS) is 32.7. The van der Waals surface area contributed by atoms with E-state index in [0.29, 0.717) is 26.8 Å². The van der Waals surface area contributed by atoms with Crippen LogP contribution in [0.5, 0.6) is 5.75 Å². The van der Waals surface area contributed by atoms with Crippen LogP contribution in [0.1, 0.15) is 55.9 Å². The number of fused-ring (bicyclic) bond motifs is 3. The molecule has 5 unspecified atom stereocenters. The van der Waals surface area contributed by atoms with Crippen molar-refractivity contribution in [2.75, 3.05) is 7.11 Å². The number of ether oxygens (including phenoxy) is 1. The first-order valence-corrected chi connectivity index (χ1v) is 13.9. The van der Waals surface area contributed by atoms with E-state index in [0.717, 1.165) is 32.1 Å². The SMILES string of the molecule is CCC1CC2CCCC(C2)C12OOC2(OC)c1ccc(-c2ccc(C#N)s2)c(OP(=O)(O)O)c1. The lowest BCUT2D eigenvalue weighted by atomic mass is 9.54. The summed E-state index contributed by atoms with van der Waals surface area (Å²) < 4.78 is 23.1. The standard InChI is InChI=1S/C24H28NO7PS/c1-3-16-11-15-5-4-6-17(12-15)23(16)24(29-2,32-31-23)18-7-9-20(21(13-18)30-33(26,27)28)22-10-8-19(14-25)34-22/h7-10,13,15-17H,3-6,11-12H2,1-2H3,(H2,26,27,28). The monoisotopic (exact) mass is 505 g/mol. The van der Waals surface area contributed by atoms with Crippen molar-refractivity contribution in [2.45, 2.75) is 56.8 Å². The average Bonchev–Trinajstić information content (AvgIpc) is 3.27. The molecule has 2 bridgehead atoms. The summed E-state index contributed by atoms with van der Waals surface area (Å²) in [4.78, 5) is 32.2. The minimum atomic E-state index is -4.86. The summed E-state index contributed by atoms with van der Waals surface area (Å²) in [5.41, 5.74) is 0.395. The quantitative estimate of drug-likeness (QED) is 0.391. The van der Waals surface area contributed by atoms with E-state index in [-0.39, 0.29) is 17.6 Å². The molecule has 5 rings (SSSR count). The van der Waals surface area contributed by atoms with E-state index in [1.54, 1.807) is 31.4 Å². The fourth-order valence-corrected chi connectivity index (χ4v) is 7.67. The maximum Gasteiger partial charge on any atom is 0.524 e. The summed E-state index contributed by atoms with van der Waals surface area (Å²) in [6.45, 7) is 2.16. The van der Waals surface area contributed by atoms with Crippen molar-refractivity contribution in [3.05, 3.63) is 40.8 Å². The Morgan fingerprint density at radius 3 is 2.68 bits per heavy atom. The van der Waals surface area contributed by atoms with E-state index in [1.165, 1.54) is 17.8 Å². The second kappa shape index (κ2) is 8.72. The highest BCUT2D eigenvalue weighted by Crippen LogP contribution is 2.65. The molecule has 182 valence electrons. The van der Waals surface area contributed by atoms with Gasteiger partial charge in [0.15, 0.2) is 5.60 Å². The number of nitrogens with zero attached hydrogens (tertiary/aromatic N) is 1. The Bertz CT molecular complexity index is 1160. The van der Waals surface area contributed by atoms with Gasteiger partial charge in [-0.1, -0.05) is 32.3 Å². The number of rotatable bonds is 6. The zero-order valence-corrected chi connectivity index (χ0v) is 20.8. The predicted octanol–water partition coefficient (Wildman–Crippen LogP) is 5.49. The van der Waals surface area contributed by atoms with Crippen molar-refractivity contribution in [2.24, 2.45) is 17.8 Å². The lowest BCUT2D eigenvalue weighted by Gasteiger charge is -2.64. The molecule has 3 aliphatic rings. The van der Waals surface area contributed by atoms with E-state index >= 15 is 0 Å². The van der Waals surface area contributed by atoms with Crippen LogP contribution in [0.25, 0.3) is 10.4 Å². The molecule has 1 saturated heterocycles. The second-order valence-corrected chi connectivity index (χ2v) is 11.7. The average molecular weight is 506 g/mol. The fourth-order valence-electron chi connectivity index (χ4n) is 6.42. The highest BCUT2D eigenvalue weighted by atomic mass is 32.1. The molecule has 1 aromatic carbocycles. The van der Waals surface area contributed by atoms with E-state index in [2.05, 4.69) is 13.0 Å². The van der Waals surface area contributed by atoms with Crippen LogP contribution in [0.15, 0.2) is 30.3 Å². The Balaban J connectivity index is 1.62. The zero-order chi connectivity index (χ0) is 24.1. The molecule has 10 heteroatoms. The van der Waals surface area contributed by atoms with Gasteiger partial charge in [0.1, 0.15) is 16.7 Å². The third-order valence-electron chi connectivity index (χ3n) is 7.77. The Kier molecular flexibility index (Phi) is 6.14. The summed E-state index contributed by atoms with van der Waals surface area (Å²) in [5, 5.41) is 9.19. The van der Waals surface area contributed by atoms with Gasteiger partial charge < -0.3 is 9.26 Å². The van der Waals surface area contributed by atoms with Gasteiger partial charge in [0, 0.05) is 23.1 Å². The van der Waals surface area contributed by atoms with Gasteiger partial charge in [0.2, 0.25) is 0 Å². The van der Waals surface area contributed by atoms with Crippen molar-refractivity contribution in [3.63, 3.8) is 0 Å². The van der Waals surface area contributed by atoms with E-state index in [1.807, 2.05) is 6.07 Å². The molecule has 2 aliphatic carbocycles. The third kappa shape index (κ3) is 3.64. The highest BCUT2D eigenvalue weighted by Gasteiger charge is 2.74. The van der Waals surface area contributed by atoms with Crippen LogP contribution in [-0.2, 0) is 24.9 Å². The van der Waals surface area contributed by atoms with Crippen molar-refractivity contribution < 1.29 is 33.4 Å². The van der Waals surface area contributed by atoms with Crippen LogP contribution in [0, 0.1) is 29.1 Å². The second-order valence-electron chi connectivity index (χ2n) is 9.42. The van der Waals surface area contributed by atoms with Crippen molar-refractivity contribution in [1.82, 2.24) is 0 Å². The van der Waals surface area contributed by atoms with Crippen molar-refractivity contribution in [1.29, 1.82) is 5.26 Å². The van der Waals surface area contributed by atoms with E-state index in [4.69, 9.17) is 19.0 Å². The van der Waals surface area contributed by atoms with Crippen LogP contribution in [0.4, 0.5) is 0 Å². The summed E-state index contributed by atoms with van der Waals surface area (Å²) in [5.74, 6) is -0.0345. The molecule has 1 aromatic heterocycles. The summed E-state index contributed by atoms with van der Waals surface area (Å²) in [7, 11) is -3.27. The van der Waals surface area contributed by atoms with E-state index < -0.39 is 19.2 Å². The molecule has 2 heterocycles. The topological polar surface area (TPSA) is 118 Å². The molecule has 2 aromatic rings. The Morgan fingerprint density at radius 2 is 2.06 bits per heavy atom. The van der Waals surface area contributed by atoms with Crippen LogP contribution in [0.2, 0.25) is 0 Å². The predicted molar refractivity (Wildman–Crippen MR) is 125 cm³/mol. The summed E-state index contributed by atoms with van der Waals surface area (Å²) in [6, 6.07) is 10.6. The Hall–Kier alpha value is -1.76. The van der Waals surface area contributed by atoms with Gasteiger partial charge in [-0.25, -0.2) is 9.45 Å². The van der Waals surface area contributed by atoms with Crippen molar-refractivity contribution in [3.8, 4) is 22.3 Å². The van der Waals surface area contributed by atoms with Crippen LogP contribution >= 0.6 is 19.2 Å². The third-order valence-corrected chi connectivity index (χ3v) is 9.22. The number of hydrogen-bond donors (Lipinski definition) is 2. The van der Waals surface area contributed by atoms with Gasteiger partial charge >= 0.3 is 7.82 Å². The number of phosphoric acid groups is 1. The molecule has 2 saturated carbocycles. The maximum absolute atomic E-state index is 11.8. The molecular weight excluding hydrogens is 477 g/mol. The highest BCUT2D eigenvalue weighted by molar-refractivity contribution is 7.46. The van der Waals surface area contributed by atoms with Gasteiger partial charge in [0.05, 0.1) is 0 Å². The van der Waals surface area contributed by atoms with Gasteiger partial charge in [-0.3, -0.25) is 9.79 Å². The molecule has 8 nitrogen and oxygen atoms in total. The number of benzene rings is 1. The minimum absolute atomic E-state index is 0.00428. The van der Waals surface area contributed by atoms with Crippen LogP contribution < -0.4 is 4.52 Å². The molecule has 5 atom stereocenters. The first-order chi connectivity index (χ1) is 16.3. The molecule has 0 radical (unpaired) electrons. The molecule has 2 N–H and O–H groups in total. The minimum Gasteiger partial charge on any atom is -0.404 e. The van der Waals surface area contributed by atoms with Crippen molar-refractivity contribution >= 4 is 19.2 Å². The van der Waals surface area contributed by atoms with Gasteiger partial charge in [-0.2, -0.15) is 10.1 Å². The number of phosphoric ester groups is 1. The van der Waals surface area contributed by atoms with Gasteiger partial charge in [-0.05, 0) is 61.3 Å². The number of thiophene rings is 1. The first-order valence-electron chi connectivity index (χ1n) is 11.6. The fraction of sp³-hybridized carbons (Fsp3) is 0.542. The Morgan fingerprint density at radius 1 is 1.24 bits per heavy atom. The summed E-state index contributed by atoms with van der Waals surface area (Å²) >= 11 is 1.22. The molecule has 1 spiro atoms. The zero-order valence-electron chi connectivity index (χ0n) is 19.1. The maximum atomic E-state index is 11.8. The molecule has 3 fully saturated rings. The number of nitriles is 1. The Labute approximate surface area is 202 Å². The number of hydrogen-bond acceptors (Lipinski definition) is 7. The van der Waals surface area contributed by atoms with Gasteiger partial charge in [-0.15, -0.1) is 11.3 Å². The molecule has 0 amide bonds. The van der Waals surface area contributed by atoms with Gasteiger partial charge in [0.25, 0.3) is 5.79 Å². The molecule has 34 heavy (non-hydrogen) atoms. The number of methoxy groups -OCH3 is 1. The largest absolute Gasteiger partial charge is 0.524 e. The smallest absolute Gasteiger partial charge is 0.404 e. The molecular formula is C24H28NO7PS.